The zero-order valence-corrected chi connectivity index (χ0v) is 19.1. The van der Waals surface area contributed by atoms with Gasteiger partial charge in [0, 0.05) is 17.2 Å². The molecule has 0 spiro atoms. The molecule has 0 saturated heterocycles. The number of nitrogens with zero attached hydrogens (tertiary/aromatic N) is 2. The van der Waals surface area contributed by atoms with Gasteiger partial charge in [0.1, 0.15) is 22.9 Å². The second-order valence-corrected chi connectivity index (χ2v) is 11.0. The van der Waals surface area contributed by atoms with Crippen molar-refractivity contribution in [3.63, 3.8) is 0 Å². The Morgan fingerprint density at radius 2 is 1.72 bits per heavy atom. The van der Waals surface area contributed by atoms with Crippen LogP contribution in [-0.4, -0.2) is 29.6 Å². The third kappa shape index (κ3) is 4.36. The Labute approximate surface area is 188 Å². The molecule has 0 atom stereocenters. The molecule has 9 heteroatoms. The van der Waals surface area contributed by atoms with Crippen LogP contribution in [0.2, 0.25) is 0 Å². The highest BCUT2D eigenvalue weighted by atomic mass is 32.2. The normalized spacial score (nSPS) is 12.3. The minimum atomic E-state index is -3.36. The molecule has 0 aliphatic carbocycles. The number of hydrogen-bond donors (Lipinski definition) is 1. The van der Waals surface area contributed by atoms with E-state index in [1.807, 2.05) is 6.07 Å². The topological polar surface area (TPSA) is 72.2 Å². The van der Waals surface area contributed by atoms with Gasteiger partial charge >= 0.3 is 0 Å². The minimum absolute atomic E-state index is 0.0791. The van der Waals surface area contributed by atoms with E-state index in [2.05, 4.69) is 5.10 Å². The molecule has 0 radical (unpaired) electrons. The highest BCUT2D eigenvalue weighted by Gasteiger charge is 2.25. The molecule has 0 amide bonds. The minimum Gasteiger partial charge on any atom is -0.384 e. The smallest absolute Gasteiger partial charge is 0.175 e. The number of aliphatic hydroxyl groups is 1. The van der Waals surface area contributed by atoms with E-state index in [0.717, 1.165) is 34.9 Å². The number of benzene rings is 2. The van der Waals surface area contributed by atoms with Gasteiger partial charge in [0.15, 0.2) is 9.84 Å². The third-order valence-electron chi connectivity index (χ3n) is 4.88. The van der Waals surface area contributed by atoms with Crippen molar-refractivity contribution in [2.75, 3.05) is 6.26 Å². The molecule has 5 nitrogen and oxygen atoms in total. The van der Waals surface area contributed by atoms with E-state index in [-0.39, 0.29) is 10.6 Å². The van der Waals surface area contributed by atoms with Gasteiger partial charge in [-0.1, -0.05) is 12.1 Å². The summed E-state index contributed by atoms with van der Waals surface area (Å²) in [5.74, 6) is -1.27. The Bertz CT molecular complexity index is 1420. The second kappa shape index (κ2) is 7.91. The number of thiophene rings is 1. The summed E-state index contributed by atoms with van der Waals surface area (Å²) in [6, 6.07) is 14.9. The lowest BCUT2D eigenvalue weighted by Crippen LogP contribution is -2.16. The van der Waals surface area contributed by atoms with E-state index in [9.17, 15) is 22.3 Å². The Morgan fingerprint density at radius 1 is 1.00 bits per heavy atom. The van der Waals surface area contributed by atoms with Crippen LogP contribution in [0.3, 0.4) is 0 Å². The van der Waals surface area contributed by atoms with Gasteiger partial charge in [0.25, 0.3) is 0 Å². The van der Waals surface area contributed by atoms with Crippen molar-refractivity contribution in [2.24, 2.45) is 0 Å². The van der Waals surface area contributed by atoms with Crippen molar-refractivity contribution < 1.29 is 22.3 Å². The highest BCUT2D eigenvalue weighted by molar-refractivity contribution is 7.90. The van der Waals surface area contributed by atoms with Crippen molar-refractivity contribution in [3.8, 4) is 26.7 Å². The third-order valence-corrected chi connectivity index (χ3v) is 7.14. The monoisotopic (exact) mass is 474 g/mol. The quantitative estimate of drug-likeness (QED) is 0.433. The lowest BCUT2D eigenvalue weighted by atomic mass is 10.1. The highest BCUT2D eigenvalue weighted by Crippen LogP contribution is 2.38. The average Bonchev–Trinajstić information content (AvgIpc) is 3.36. The summed E-state index contributed by atoms with van der Waals surface area (Å²) in [5, 5.41) is 14.8. The Hall–Kier alpha value is -2.88. The molecule has 0 aliphatic heterocycles. The van der Waals surface area contributed by atoms with Crippen LogP contribution in [0.4, 0.5) is 8.78 Å². The maximum atomic E-state index is 14.5. The lowest BCUT2D eigenvalue weighted by molar-refractivity contribution is 0.0734. The van der Waals surface area contributed by atoms with E-state index < -0.39 is 27.1 Å². The Morgan fingerprint density at radius 3 is 2.41 bits per heavy atom. The number of halogens is 2. The van der Waals surface area contributed by atoms with Crippen LogP contribution in [0.5, 0.6) is 0 Å². The fourth-order valence-electron chi connectivity index (χ4n) is 3.20. The Kier molecular flexibility index (Phi) is 5.52. The maximum Gasteiger partial charge on any atom is 0.175 e. The standard InChI is InChI=1S/C23H20F2N2O3S2/c1-23(2,28)22-13-19(27(26-22)18-12-15(24)7-8-17(18)25)21-10-9-20(31-21)14-5-4-6-16(11-14)32(3,29)30/h4-13,28H,1-3H3. The van der Waals surface area contributed by atoms with E-state index in [1.54, 1.807) is 44.2 Å². The van der Waals surface area contributed by atoms with Crippen LogP contribution in [0, 0.1) is 11.6 Å². The van der Waals surface area contributed by atoms with Gasteiger partial charge in [-0.25, -0.2) is 21.9 Å². The van der Waals surface area contributed by atoms with Crippen LogP contribution >= 0.6 is 11.3 Å². The molecule has 32 heavy (non-hydrogen) atoms. The molecule has 0 bridgehead atoms. The molecule has 1 N–H and O–H groups in total. The summed E-state index contributed by atoms with van der Waals surface area (Å²) in [4.78, 5) is 1.69. The van der Waals surface area contributed by atoms with Crippen LogP contribution < -0.4 is 0 Å². The average molecular weight is 475 g/mol. The summed E-state index contributed by atoms with van der Waals surface area (Å²) in [5.41, 5.74) is 0.111. The summed E-state index contributed by atoms with van der Waals surface area (Å²) >= 11 is 1.35. The van der Waals surface area contributed by atoms with Crippen LogP contribution in [-0.2, 0) is 15.4 Å². The first-order valence-corrected chi connectivity index (χ1v) is 12.3. The molecule has 2 heterocycles. The van der Waals surface area contributed by atoms with Crippen molar-refractivity contribution in [1.29, 1.82) is 0 Å². The van der Waals surface area contributed by atoms with Gasteiger partial charge in [0.05, 0.1) is 21.2 Å². The van der Waals surface area contributed by atoms with Crippen LogP contribution in [0.25, 0.3) is 26.7 Å². The van der Waals surface area contributed by atoms with Crippen LogP contribution in [0.1, 0.15) is 19.5 Å². The van der Waals surface area contributed by atoms with Crippen molar-refractivity contribution in [2.45, 2.75) is 24.3 Å². The summed E-state index contributed by atoms with van der Waals surface area (Å²) < 4.78 is 53.5. The molecule has 0 fully saturated rings. The van der Waals surface area contributed by atoms with E-state index >= 15 is 0 Å². The van der Waals surface area contributed by atoms with Gasteiger partial charge in [0.2, 0.25) is 0 Å². The zero-order chi connectivity index (χ0) is 23.3. The molecule has 166 valence electrons. The molecular formula is C23H20F2N2O3S2. The predicted octanol–water partition coefficient (Wildman–Crippen LogP) is 5.18. The fourth-order valence-corrected chi connectivity index (χ4v) is 4.87. The van der Waals surface area contributed by atoms with Gasteiger partial charge in [-0.3, -0.25) is 0 Å². The van der Waals surface area contributed by atoms with Gasteiger partial charge in [-0.2, -0.15) is 5.10 Å². The number of rotatable bonds is 5. The molecule has 0 unspecified atom stereocenters. The largest absolute Gasteiger partial charge is 0.384 e. The number of aromatic nitrogens is 2. The van der Waals surface area contributed by atoms with Gasteiger partial charge in [-0.05, 0) is 61.9 Å². The molecule has 2 aromatic carbocycles. The second-order valence-electron chi connectivity index (χ2n) is 7.95. The van der Waals surface area contributed by atoms with Crippen molar-refractivity contribution >= 4 is 21.2 Å². The first-order valence-electron chi connectivity index (χ1n) is 9.62. The maximum absolute atomic E-state index is 14.5. The first kappa shape index (κ1) is 22.3. The summed E-state index contributed by atoms with van der Waals surface area (Å²) in [7, 11) is -3.36. The van der Waals surface area contributed by atoms with Crippen molar-refractivity contribution in [3.05, 3.63) is 78.0 Å². The van der Waals surface area contributed by atoms with E-state index in [1.165, 1.54) is 22.1 Å². The SMILES string of the molecule is CC(C)(O)c1cc(-c2ccc(-c3cccc(S(C)(=O)=O)c3)s2)n(-c2cc(F)ccc2F)n1. The molecule has 0 saturated carbocycles. The number of hydrogen-bond acceptors (Lipinski definition) is 5. The summed E-state index contributed by atoms with van der Waals surface area (Å²) in [6.45, 7) is 3.11. The molecule has 0 aliphatic rings. The predicted molar refractivity (Wildman–Crippen MR) is 121 cm³/mol. The zero-order valence-electron chi connectivity index (χ0n) is 17.5. The van der Waals surface area contributed by atoms with E-state index in [4.69, 9.17) is 0 Å². The van der Waals surface area contributed by atoms with Gasteiger partial charge in [-0.15, -0.1) is 11.3 Å². The first-order chi connectivity index (χ1) is 14.9. The Balaban J connectivity index is 1.86. The molecular weight excluding hydrogens is 454 g/mol. The van der Waals surface area contributed by atoms with Crippen molar-refractivity contribution in [1.82, 2.24) is 9.78 Å². The van der Waals surface area contributed by atoms with Crippen LogP contribution in [0.15, 0.2) is 65.6 Å². The van der Waals surface area contributed by atoms with E-state index in [0.29, 0.717) is 16.3 Å². The lowest BCUT2D eigenvalue weighted by Gasteiger charge is -2.13. The summed E-state index contributed by atoms with van der Waals surface area (Å²) in [6.07, 6.45) is 1.15. The molecule has 2 aromatic heterocycles. The molecule has 4 rings (SSSR count). The molecule has 4 aromatic rings. The fraction of sp³-hybridized carbons (Fsp3) is 0.174. The number of sulfone groups is 1. The van der Waals surface area contributed by atoms with Gasteiger partial charge < -0.3 is 5.11 Å².